The Labute approximate surface area is 144 Å². The van der Waals surface area contributed by atoms with Gasteiger partial charge in [0.1, 0.15) is 0 Å². The fraction of sp³-hybridized carbons (Fsp3) is 0.778. The van der Waals surface area contributed by atoms with Crippen LogP contribution in [0, 0.1) is 11.8 Å². The molecule has 1 atom stereocenters. The van der Waals surface area contributed by atoms with Crippen molar-refractivity contribution >= 4 is 5.91 Å². The van der Waals surface area contributed by atoms with Gasteiger partial charge in [-0.25, -0.2) is 4.98 Å². The van der Waals surface area contributed by atoms with E-state index in [1.165, 1.54) is 5.69 Å². The summed E-state index contributed by atoms with van der Waals surface area (Å²) in [4.78, 5) is 25.1. The van der Waals surface area contributed by atoms with Crippen LogP contribution >= 0.6 is 0 Å². The Kier molecular flexibility index (Phi) is 5.56. The van der Waals surface area contributed by atoms with Crippen molar-refractivity contribution in [3.63, 3.8) is 0 Å². The van der Waals surface area contributed by atoms with Gasteiger partial charge >= 0.3 is 0 Å². The maximum Gasteiger partial charge on any atom is 0.225 e. The van der Waals surface area contributed by atoms with E-state index in [2.05, 4.69) is 19.8 Å². The third-order valence-electron chi connectivity index (χ3n) is 5.46. The molecule has 3 heterocycles. The molecule has 134 valence electrons. The normalized spacial score (nSPS) is 22.8. The Morgan fingerprint density at radius 1 is 1.38 bits per heavy atom. The molecule has 0 saturated carbocycles. The first-order chi connectivity index (χ1) is 11.6. The van der Waals surface area contributed by atoms with E-state index in [9.17, 15) is 4.79 Å². The lowest BCUT2D eigenvalue weighted by Crippen LogP contribution is -2.47. The number of aliphatic hydroxyl groups excluding tert-OH is 1. The zero-order valence-corrected chi connectivity index (χ0v) is 14.9. The van der Waals surface area contributed by atoms with E-state index in [0.717, 1.165) is 57.6 Å². The van der Waals surface area contributed by atoms with Crippen molar-refractivity contribution < 1.29 is 9.90 Å². The maximum absolute atomic E-state index is 12.7. The second-order valence-electron chi connectivity index (χ2n) is 7.40. The average molecular weight is 334 g/mol. The number of piperidine rings is 1. The fourth-order valence-electron chi connectivity index (χ4n) is 4.15. The van der Waals surface area contributed by atoms with E-state index in [-0.39, 0.29) is 24.5 Å². The summed E-state index contributed by atoms with van der Waals surface area (Å²) in [5.74, 6) is 0.745. The van der Waals surface area contributed by atoms with Crippen LogP contribution in [0.4, 0.5) is 0 Å². The summed E-state index contributed by atoms with van der Waals surface area (Å²) >= 11 is 0. The van der Waals surface area contributed by atoms with E-state index >= 15 is 0 Å². The van der Waals surface area contributed by atoms with Crippen LogP contribution in [0.15, 0.2) is 6.33 Å². The van der Waals surface area contributed by atoms with Gasteiger partial charge < -0.3 is 19.9 Å². The SMILES string of the molecule is CC(C)C(=O)N1CCc2[nH]cnc2C1C1CCN(CCCO)CC1. The Balaban J connectivity index is 1.74. The predicted octanol–water partition coefficient (Wildman–Crippen LogP) is 1.59. The number of likely N-dealkylation sites (tertiary alicyclic amines) is 1. The third-order valence-corrected chi connectivity index (χ3v) is 5.46. The van der Waals surface area contributed by atoms with E-state index in [0.29, 0.717) is 5.92 Å². The highest BCUT2D eigenvalue weighted by molar-refractivity contribution is 5.79. The molecule has 2 aliphatic rings. The van der Waals surface area contributed by atoms with Crippen LogP contribution in [-0.4, -0.2) is 63.6 Å². The molecule has 0 aromatic carbocycles. The summed E-state index contributed by atoms with van der Waals surface area (Å²) in [5.41, 5.74) is 2.29. The van der Waals surface area contributed by atoms with E-state index in [4.69, 9.17) is 5.11 Å². The molecule has 1 aromatic rings. The number of carbonyl (C=O) groups is 1. The number of fused-ring (bicyclic) bond motifs is 1. The van der Waals surface area contributed by atoms with E-state index in [1.54, 1.807) is 6.33 Å². The highest BCUT2D eigenvalue weighted by Crippen LogP contribution is 2.39. The summed E-state index contributed by atoms with van der Waals surface area (Å²) in [6.07, 6.45) is 5.67. The lowest BCUT2D eigenvalue weighted by atomic mass is 9.83. The lowest BCUT2D eigenvalue weighted by molar-refractivity contribution is -0.139. The predicted molar refractivity (Wildman–Crippen MR) is 92.5 cm³/mol. The second-order valence-corrected chi connectivity index (χ2v) is 7.40. The fourth-order valence-corrected chi connectivity index (χ4v) is 4.15. The second kappa shape index (κ2) is 7.66. The molecule has 1 saturated heterocycles. The minimum absolute atomic E-state index is 0.0256. The highest BCUT2D eigenvalue weighted by Gasteiger charge is 2.39. The van der Waals surface area contributed by atoms with Gasteiger partial charge in [-0.2, -0.15) is 0 Å². The third kappa shape index (κ3) is 3.49. The van der Waals surface area contributed by atoms with Crippen LogP contribution in [0.5, 0.6) is 0 Å². The van der Waals surface area contributed by atoms with Gasteiger partial charge in [-0.05, 0) is 38.3 Å². The molecule has 6 nitrogen and oxygen atoms in total. The van der Waals surface area contributed by atoms with Gasteiger partial charge in [-0.15, -0.1) is 0 Å². The van der Waals surface area contributed by atoms with Crippen LogP contribution < -0.4 is 0 Å². The lowest BCUT2D eigenvalue weighted by Gasteiger charge is -2.43. The van der Waals surface area contributed by atoms with Gasteiger partial charge in [0.15, 0.2) is 0 Å². The van der Waals surface area contributed by atoms with Gasteiger partial charge in [0.25, 0.3) is 0 Å². The van der Waals surface area contributed by atoms with Crippen molar-refractivity contribution in [1.29, 1.82) is 0 Å². The van der Waals surface area contributed by atoms with Crippen molar-refractivity contribution in [1.82, 2.24) is 19.8 Å². The van der Waals surface area contributed by atoms with Crippen molar-refractivity contribution in [2.75, 3.05) is 32.8 Å². The molecule has 0 radical (unpaired) electrons. The number of aliphatic hydroxyl groups is 1. The molecule has 1 aromatic heterocycles. The summed E-state index contributed by atoms with van der Waals surface area (Å²) < 4.78 is 0. The quantitative estimate of drug-likeness (QED) is 0.858. The number of amides is 1. The van der Waals surface area contributed by atoms with Crippen LogP contribution in [0.1, 0.15) is 50.5 Å². The highest BCUT2D eigenvalue weighted by atomic mass is 16.3. The van der Waals surface area contributed by atoms with Crippen molar-refractivity contribution in [2.45, 2.75) is 45.6 Å². The van der Waals surface area contributed by atoms with Crippen molar-refractivity contribution in [2.24, 2.45) is 11.8 Å². The minimum Gasteiger partial charge on any atom is -0.396 e. The molecule has 0 spiro atoms. The summed E-state index contributed by atoms with van der Waals surface area (Å²) in [7, 11) is 0. The number of carbonyl (C=O) groups excluding carboxylic acids is 1. The number of nitrogens with zero attached hydrogens (tertiary/aromatic N) is 3. The minimum atomic E-state index is 0.0256. The topological polar surface area (TPSA) is 72.5 Å². The van der Waals surface area contributed by atoms with Gasteiger partial charge in [0, 0.05) is 37.7 Å². The first kappa shape index (κ1) is 17.4. The first-order valence-corrected chi connectivity index (χ1v) is 9.27. The number of H-pyrrole nitrogens is 1. The zero-order chi connectivity index (χ0) is 17.1. The van der Waals surface area contributed by atoms with E-state index in [1.807, 2.05) is 13.8 Å². The van der Waals surface area contributed by atoms with Gasteiger partial charge in [-0.3, -0.25) is 4.79 Å². The molecule has 1 amide bonds. The Hall–Kier alpha value is -1.40. The van der Waals surface area contributed by atoms with Crippen LogP contribution in [0.2, 0.25) is 0 Å². The molecule has 0 aliphatic carbocycles. The summed E-state index contributed by atoms with van der Waals surface area (Å²) in [6.45, 7) is 8.08. The van der Waals surface area contributed by atoms with Crippen LogP contribution in [0.25, 0.3) is 0 Å². The average Bonchev–Trinajstić information content (AvgIpc) is 3.07. The van der Waals surface area contributed by atoms with Crippen LogP contribution in [0.3, 0.4) is 0 Å². The zero-order valence-electron chi connectivity index (χ0n) is 14.9. The van der Waals surface area contributed by atoms with E-state index < -0.39 is 0 Å². The van der Waals surface area contributed by atoms with Gasteiger partial charge in [-0.1, -0.05) is 13.8 Å². The van der Waals surface area contributed by atoms with Crippen LogP contribution in [-0.2, 0) is 11.2 Å². The molecule has 3 rings (SSSR count). The molecule has 2 N–H and O–H groups in total. The Bertz CT molecular complexity index is 549. The molecule has 2 aliphatic heterocycles. The first-order valence-electron chi connectivity index (χ1n) is 9.27. The number of imidazole rings is 1. The monoisotopic (exact) mass is 334 g/mol. The summed E-state index contributed by atoms with van der Waals surface area (Å²) in [5, 5.41) is 9.00. The Morgan fingerprint density at radius 2 is 2.12 bits per heavy atom. The molecule has 1 unspecified atom stereocenters. The summed E-state index contributed by atoms with van der Waals surface area (Å²) in [6, 6.07) is 0.120. The van der Waals surface area contributed by atoms with Crippen molar-refractivity contribution in [3.8, 4) is 0 Å². The molecule has 1 fully saturated rings. The van der Waals surface area contributed by atoms with Gasteiger partial charge in [0.2, 0.25) is 5.91 Å². The number of hydrogen-bond acceptors (Lipinski definition) is 4. The standard InChI is InChI=1S/C18H30N4O2/c1-13(2)18(24)22-10-6-15-16(20-12-19-15)17(22)14-4-8-21(9-5-14)7-3-11-23/h12-14,17,23H,3-11H2,1-2H3,(H,19,20). The number of aromatic nitrogens is 2. The van der Waals surface area contributed by atoms with Crippen molar-refractivity contribution in [3.05, 3.63) is 17.7 Å². The molecular formula is C18H30N4O2. The molecule has 6 heteroatoms. The number of aromatic amines is 1. The molecule has 0 bridgehead atoms. The number of nitrogens with one attached hydrogen (secondary N) is 1. The Morgan fingerprint density at radius 3 is 2.79 bits per heavy atom. The largest absolute Gasteiger partial charge is 0.396 e. The maximum atomic E-state index is 12.7. The smallest absolute Gasteiger partial charge is 0.225 e. The molecule has 24 heavy (non-hydrogen) atoms. The number of hydrogen-bond donors (Lipinski definition) is 2. The molecular weight excluding hydrogens is 304 g/mol. The van der Waals surface area contributed by atoms with Gasteiger partial charge in [0.05, 0.1) is 18.1 Å². The number of rotatable bonds is 5.